The zero-order chi connectivity index (χ0) is 13.1. The highest BCUT2D eigenvalue weighted by Crippen LogP contribution is 2.11. The molecule has 7 nitrogen and oxygen atoms in total. The molecule has 0 amide bonds. The number of hydrogen-bond acceptors (Lipinski definition) is 6. The van der Waals surface area contributed by atoms with Crippen LogP contribution in [0.4, 0.5) is 11.8 Å². The minimum Gasteiger partial charge on any atom is -0.627 e. The summed E-state index contributed by atoms with van der Waals surface area (Å²) < 4.78 is 0. The molecule has 1 aromatic heterocycles. The fraction of sp³-hybridized carbons (Fsp3) is 0.667. The summed E-state index contributed by atoms with van der Waals surface area (Å²) >= 11 is 0. The number of aromatic nitrogens is 2. The van der Waals surface area contributed by atoms with Crippen molar-refractivity contribution >= 4 is 11.8 Å². The highest BCUT2D eigenvalue weighted by Gasteiger charge is 2.18. The summed E-state index contributed by atoms with van der Waals surface area (Å²) in [6.07, 6.45) is 4.35. The van der Waals surface area contributed by atoms with E-state index < -0.39 is 0 Å². The minimum atomic E-state index is 0.0474. The molecule has 7 heteroatoms. The quantitative estimate of drug-likeness (QED) is 0.609. The number of quaternary nitrogens is 1. The van der Waals surface area contributed by atoms with Crippen molar-refractivity contribution in [2.45, 2.75) is 19.4 Å². The Labute approximate surface area is 112 Å². The van der Waals surface area contributed by atoms with Crippen molar-refractivity contribution in [2.24, 2.45) is 0 Å². The van der Waals surface area contributed by atoms with Crippen LogP contribution in [-0.2, 0) is 6.54 Å². The molecule has 0 aliphatic carbocycles. The third kappa shape index (κ3) is 3.01. The summed E-state index contributed by atoms with van der Waals surface area (Å²) in [5, 5.41) is 18.0. The van der Waals surface area contributed by atoms with E-state index in [9.17, 15) is 5.21 Å². The van der Waals surface area contributed by atoms with Gasteiger partial charge in [-0.15, -0.1) is 0 Å². The second-order valence-corrected chi connectivity index (χ2v) is 5.07. The summed E-state index contributed by atoms with van der Waals surface area (Å²) in [6.45, 7) is 5.27. The molecule has 1 unspecified atom stereocenters. The van der Waals surface area contributed by atoms with Gasteiger partial charge >= 0.3 is 0 Å². The molecule has 1 atom stereocenters. The van der Waals surface area contributed by atoms with Crippen LogP contribution in [0.3, 0.4) is 0 Å². The van der Waals surface area contributed by atoms with E-state index >= 15 is 0 Å². The van der Waals surface area contributed by atoms with Crippen molar-refractivity contribution in [1.82, 2.24) is 20.2 Å². The molecule has 0 saturated carbocycles. The maximum absolute atomic E-state index is 11.7. The first-order valence-corrected chi connectivity index (χ1v) is 6.89. The van der Waals surface area contributed by atoms with Gasteiger partial charge in [0.15, 0.2) is 0 Å². The third-order valence-electron chi connectivity index (χ3n) is 3.64. The fourth-order valence-corrected chi connectivity index (χ4v) is 2.59. The highest BCUT2D eigenvalue weighted by atomic mass is 16.5. The molecular weight excluding hydrogens is 244 g/mol. The van der Waals surface area contributed by atoms with Crippen molar-refractivity contribution in [3.05, 3.63) is 17.0 Å². The predicted octanol–water partition coefficient (Wildman–Crippen LogP) is -0.941. The number of nitrogens with zero attached hydrogens (tertiary/aromatic N) is 3. The maximum atomic E-state index is 11.7. The average Bonchev–Trinajstić information content (AvgIpc) is 2.93. The van der Waals surface area contributed by atoms with Crippen LogP contribution < -0.4 is 15.7 Å². The Morgan fingerprint density at radius 2 is 2.26 bits per heavy atom. The Morgan fingerprint density at radius 3 is 3.11 bits per heavy atom. The number of fused-ring (bicyclic) bond motifs is 1. The van der Waals surface area contributed by atoms with Gasteiger partial charge in [0.2, 0.25) is 11.8 Å². The molecule has 0 spiro atoms. The van der Waals surface area contributed by atoms with Gasteiger partial charge in [0.25, 0.3) is 0 Å². The van der Waals surface area contributed by atoms with Crippen molar-refractivity contribution in [1.29, 1.82) is 0 Å². The van der Waals surface area contributed by atoms with Crippen LogP contribution in [-0.4, -0.2) is 47.7 Å². The molecule has 104 valence electrons. The minimum absolute atomic E-state index is 0.0474. The topological polar surface area (TPSA) is 80.6 Å². The maximum Gasteiger partial charge on any atom is 0.236 e. The smallest absolute Gasteiger partial charge is 0.236 e. The highest BCUT2D eigenvalue weighted by molar-refractivity contribution is 5.38. The molecule has 2 aliphatic rings. The molecule has 0 radical (unpaired) electrons. The summed E-state index contributed by atoms with van der Waals surface area (Å²) in [6, 6.07) is 0. The molecule has 1 saturated heterocycles. The van der Waals surface area contributed by atoms with E-state index in [-0.39, 0.29) is 5.06 Å². The van der Waals surface area contributed by atoms with Crippen molar-refractivity contribution in [3.8, 4) is 0 Å². The molecule has 2 aliphatic heterocycles. The second kappa shape index (κ2) is 5.79. The standard InChI is InChI=1S/C12H20N6O/c19-18-9-13-7-10-8-15-12(16-11(10)18)14-3-6-17-4-1-2-5-17/h8,13,18H,1-7,9H2,(H,14,15,16). The van der Waals surface area contributed by atoms with Crippen molar-refractivity contribution < 1.29 is 5.06 Å². The Balaban J connectivity index is 1.57. The van der Waals surface area contributed by atoms with Gasteiger partial charge in [0.05, 0.1) is 5.56 Å². The van der Waals surface area contributed by atoms with Gasteiger partial charge in [-0.1, -0.05) is 0 Å². The van der Waals surface area contributed by atoms with Crippen molar-refractivity contribution in [2.75, 3.05) is 38.2 Å². The molecule has 19 heavy (non-hydrogen) atoms. The fourth-order valence-electron chi connectivity index (χ4n) is 2.59. The largest absolute Gasteiger partial charge is 0.627 e. The Hall–Kier alpha value is -1.28. The first-order chi connectivity index (χ1) is 9.33. The van der Waals surface area contributed by atoms with Gasteiger partial charge in [0, 0.05) is 25.8 Å². The van der Waals surface area contributed by atoms with E-state index in [0.717, 1.165) is 18.7 Å². The van der Waals surface area contributed by atoms with E-state index in [2.05, 4.69) is 25.5 Å². The summed E-state index contributed by atoms with van der Waals surface area (Å²) in [7, 11) is 0. The lowest BCUT2D eigenvalue weighted by Crippen LogP contribution is -3.05. The Morgan fingerprint density at radius 1 is 1.42 bits per heavy atom. The summed E-state index contributed by atoms with van der Waals surface area (Å²) in [4.78, 5) is 11.0. The monoisotopic (exact) mass is 264 g/mol. The van der Waals surface area contributed by atoms with E-state index in [1.165, 1.54) is 25.9 Å². The van der Waals surface area contributed by atoms with Gasteiger partial charge < -0.3 is 20.5 Å². The number of nitrogens with one attached hydrogen (secondary N) is 3. The van der Waals surface area contributed by atoms with Gasteiger partial charge in [-0.25, -0.2) is 4.98 Å². The molecule has 1 fully saturated rings. The average molecular weight is 264 g/mol. The van der Waals surface area contributed by atoms with E-state index in [1.54, 1.807) is 6.20 Å². The number of likely N-dealkylation sites (tertiary alicyclic amines) is 1. The summed E-state index contributed by atoms with van der Waals surface area (Å²) in [5.41, 5.74) is 0.890. The zero-order valence-electron chi connectivity index (χ0n) is 11.0. The van der Waals surface area contributed by atoms with Crippen LogP contribution >= 0.6 is 0 Å². The van der Waals surface area contributed by atoms with Crippen molar-refractivity contribution in [3.63, 3.8) is 0 Å². The van der Waals surface area contributed by atoms with E-state index in [0.29, 0.717) is 25.0 Å². The number of hydroxylamine groups is 1. The van der Waals surface area contributed by atoms with Gasteiger partial charge in [-0.05, 0) is 25.9 Å². The lowest BCUT2D eigenvalue weighted by molar-refractivity contribution is -0.786. The molecule has 3 N–H and O–H groups in total. The van der Waals surface area contributed by atoms with Gasteiger partial charge in [0.1, 0.15) is 6.67 Å². The SMILES string of the molecule is [O-][NH+]1CNCc2cnc(NCCN3CCCC3)nc21. The normalized spacial score (nSPS) is 23.3. The lowest BCUT2D eigenvalue weighted by Gasteiger charge is -2.27. The number of anilines is 1. The van der Waals surface area contributed by atoms with Crippen LogP contribution in [0.5, 0.6) is 0 Å². The number of hydrogen-bond donors (Lipinski definition) is 3. The van der Waals surface area contributed by atoms with Crippen LogP contribution in [0.2, 0.25) is 0 Å². The predicted molar refractivity (Wildman–Crippen MR) is 71.9 cm³/mol. The molecule has 0 bridgehead atoms. The third-order valence-corrected chi connectivity index (χ3v) is 3.64. The van der Waals surface area contributed by atoms with E-state index in [1.807, 2.05) is 0 Å². The molecule has 1 aromatic rings. The first-order valence-electron chi connectivity index (χ1n) is 6.89. The Kier molecular flexibility index (Phi) is 3.88. The van der Waals surface area contributed by atoms with Crippen LogP contribution in [0, 0.1) is 5.21 Å². The number of rotatable bonds is 4. The summed E-state index contributed by atoms with van der Waals surface area (Å²) in [5.74, 6) is 1.13. The lowest BCUT2D eigenvalue weighted by atomic mass is 10.3. The van der Waals surface area contributed by atoms with Crippen LogP contribution in [0.1, 0.15) is 18.4 Å². The van der Waals surface area contributed by atoms with Gasteiger partial charge in [-0.3, -0.25) is 5.32 Å². The zero-order valence-corrected chi connectivity index (χ0v) is 11.0. The molecule has 3 heterocycles. The molecular formula is C12H20N6O. The van der Waals surface area contributed by atoms with Crippen LogP contribution in [0.25, 0.3) is 0 Å². The van der Waals surface area contributed by atoms with E-state index in [4.69, 9.17) is 0 Å². The second-order valence-electron chi connectivity index (χ2n) is 5.07. The molecule has 0 aromatic carbocycles. The molecule has 3 rings (SSSR count). The first kappa shape index (κ1) is 12.7. The van der Waals surface area contributed by atoms with Crippen LogP contribution in [0.15, 0.2) is 6.20 Å². The van der Waals surface area contributed by atoms with Gasteiger partial charge in [-0.2, -0.15) is 4.98 Å². The Bertz CT molecular complexity index is 434.